The zero-order chi connectivity index (χ0) is 17.4. The highest BCUT2D eigenvalue weighted by atomic mass is 16.5. The molecule has 2 fully saturated rings. The van der Waals surface area contributed by atoms with Gasteiger partial charge in [-0.25, -0.2) is 0 Å². The summed E-state index contributed by atoms with van der Waals surface area (Å²) in [5, 5.41) is 2.93. The van der Waals surface area contributed by atoms with Gasteiger partial charge in [0.15, 0.2) is 5.76 Å². The predicted octanol–water partition coefficient (Wildman–Crippen LogP) is 1.28. The molecule has 4 rings (SSSR count). The highest BCUT2D eigenvalue weighted by Gasteiger charge is 2.43. The first-order chi connectivity index (χ1) is 12.1. The normalized spacial score (nSPS) is 25.2. The van der Waals surface area contributed by atoms with Gasteiger partial charge in [0.05, 0.1) is 18.5 Å². The van der Waals surface area contributed by atoms with E-state index in [9.17, 15) is 9.59 Å². The molecule has 2 aromatic rings. The van der Waals surface area contributed by atoms with Gasteiger partial charge in [-0.05, 0) is 30.7 Å². The minimum atomic E-state index is -0.0946. The number of hydrogen-bond donors (Lipinski definition) is 1. The minimum Gasteiger partial charge on any atom is -0.459 e. The quantitative estimate of drug-likeness (QED) is 0.907. The molecule has 3 atom stereocenters. The van der Waals surface area contributed by atoms with Crippen LogP contribution in [0.5, 0.6) is 0 Å². The molecule has 2 aliphatic rings. The van der Waals surface area contributed by atoms with E-state index in [1.54, 1.807) is 27.7 Å². The monoisotopic (exact) mass is 343 g/mol. The maximum absolute atomic E-state index is 12.3. The Balaban J connectivity index is 1.27. The summed E-state index contributed by atoms with van der Waals surface area (Å²) < 4.78 is 13.0. The average molecular weight is 343 g/mol. The molecule has 0 unspecified atom stereocenters. The Labute approximate surface area is 145 Å². The fourth-order valence-electron chi connectivity index (χ4n) is 3.71. The van der Waals surface area contributed by atoms with Crippen molar-refractivity contribution in [2.24, 2.45) is 13.0 Å². The molecule has 7 nitrogen and oxygen atoms in total. The third-order valence-electron chi connectivity index (χ3n) is 5.00. The second kappa shape index (κ2) is 6.40. The van der Waals surface area contributed by atoms with Gasteiger partial charge in [-0.3, -0.25) is 9.59 Å². The molecule has 2 aromatic heterocycles. The number of nitrogens with zero attached hydrogens (tertiary/aromatic N) is 2. The zero-order valence-electron chi connectivity index (χ0n) is 14.1. The summed E-state index contributed by atoms with van der Waals surface area (Å²) in [5.41, 5.74) is 0.633. The van der Waals surface area contributed by atoms with Crippen LogP contribution in [0.25, 0.3) is 0 Å². The molecule has 2 amide bonds. The third-order valence-corrected chi connectivity index (χ3v) is 5.00. The van der Waals surface area contributed by atoms with Crippen molar-refractivity contribution in [2.75, 3.05) is 19.6 Å². The molecule has 1 N–H and O–H groups in total. The van der Waals surface area contributed by atoms with E-state index in [0.29, 0.717) is 37.0 Å². The van der Waals surface area contributed by atoms with Crippen molar-refractivity contribution in [3.8, 4) is 0 Å². The number of amides is 2. The van der Waals surface area contributed by atoms with E-state index < -0.39 is 0 Å². The molecule has 132 valence electrons. The Hall–Kier alpha value is -2.54. The van der Waals surface area contributed by atoms with Gasteiger partial charge in [0.25, 0.3) is 11.8 Å². The maximum Gasteiger partial charge on any atom is 0.289 e. The number of hydrogen-bond acceptors (Lipinski definition) is 4. The lowest BCUT2D eigenvalue weighted by atomic mass is 10.0. The number of furan rings is 1. The van der Waals surface area contributed by atoms with Crippen LogP contribution in [-0.2, 0) is 11.8 Å². The van der Waals surface area contributed by atoms with Gasteiger partial charge >= 0.3 is 0 Å². The van der Waals surface area contributed by atoms with Crippen LogP contribution in [0.3, 0.4) is 0 Å². The highest BCUT2D eigenvalue weighted by molar-refractivity contribution is 5.92. The SMILES string of the molecule is Cn1cccc1C(=O)NC[C@H]1C[C@H]2CN(C(=O)c3ccco3)C[C@@H]2O1. The predicted molar refractivity (Wildman–Crippen MR) is 89.1 cm³/mol. The highest BCUT2D eigenvalue weighted by Crippen LogP contribution is 2.33. The minimum absolute atomic E-state index is 0.0000770. The van der Waals surface area contributed by atoms with Gasteiger partial charge in [0.2, 0.25) is 0 Å². The number of carbonyl (C=O) groups excluding carboxylic acids is 2. The van der Waals surface area contributed by atoms with Crippen molar-refractivity contribution < 1.29 is 18.7 Å². The van der Waals surface area contributed by atoms with Crippen molar-refractivity contribution in [2.45, 2.75) is 18.6 Å². The lowest BCUT2D eigenvalue weighted by Crippen LogP contribution is -2.35. The first kappa shape index (κ1) is 16.0. The fourth-order valence-corrected chi connectivity index (χ4v) is 3.71. The van der Waals surface area contributed by atoms with Gasteiger partial charge in [-0.2, -0.15) is 0 Å². The van der Waals surface area contributed by atoms with Crippen molar-refractivity contribution >= 4 is 11.8 Å². The molecule has 0 radical (unpaired) electrons. The average Bonchev–Trinajstić information content (AvgIpc) is 3.35. The molecule has 25 heavy (non-hydrogen) atoms. The van der Waals surface area contributed by atoms with Crippen molar-refractivity contribution in [1.82, 2.24) is 14.8 Å². The molecule has 2 aliphatic heterocycles. The Morgan fingerprint density at radius 2 is 2.16 bits per heavy atom. The van der Waals surface area contributed by atoms with Crippen LogP contribution in [0, 0.1) is 5.92 Å². The molecule has 0 aliphatic carbocycles. The van der Waals surface area contributed by atoms with Crippen molar-refractivity contribution in [3.63, 3.8) is 0 Å². The zero-order valence-corrected chi connectivity index (χ0v) is 14.1. The summed E-state index contributed by atoms with van der Waals surface area (Å²) in [6.07, 6.45) is 4.23. The van der Waals surface area contributed by atoms with E-state index in [0.717, 1.165) is 6.42 Å². The van der Waals surface area contributed by atoms with Gasteiger partial charge in [0.1, 0.15) is 5.69 Å². The molecule has 2 saturated heterocycles. The first-order valence-electron chi connectivity index (χ1n) is 8.49. The van der Waals surface area contributed by atoms with Crippen LogP contribution in [0.1, 0.15) is 27.5 Å². The fraction of sp³-hybridized carbons (Fsp3) is 0.444. The Bertz CT molecular complexity index is 753. The molecule has 0 saturated carbocycles. The smallest absolute Gasteiger partial charge is 0.289 e. The van der Waals surface area contributed by atoms with E-state index in [4.69, 9.17) is 9.15 Å². The van der Waals surface area contributed by atoms with E-state index in [1.807, 2.05) is 19.3 Å². The van der Waals surface area contributed by atoms with Gasteiger partial charge in [0, 0.05) is 38.8 Å². The van der Waals surface area contributed by atoms with Gasteiger partial charge in [-0.15, -0.1) is 0 Å². The Kier molecular flexibility index (Phi) is 4.09. The Morgan fingerprint density at radius 3 is 2.84 bits per heavy atom. The van der Waals surface area contributed by atoms with Crippen LogP contribution in [0.15, 0.2) is 41.1 Å². The molecule has 7 heteroatoms. The molecule has 0 aromatic carbocycles. The second-order valence-corrected chi connectivity index (χ2v) is 6.69. The Morgan fingerprint density at radius 1 is 1.28 bits per heavy atom. The first-order valence-corrected chi connectivity index (χ1v) is 8.49. The summed E-state index contributed by atoms with van der Waals surface area (Å²) in [5.74, 6) is 0.501. The summed E-state index contributed by atoms with van der Waals surface area (Å²) >= 11 is 0. The number of rotatable bonds is 4. The van der Waals surface area contributed by atoms with Crippen LogP contribution in [-0.4, -0.2) is 53.1 Å². The summed E-state index contributed by atoms with van der Waals surface area (Å²) in [6.45, 7) is 1.74. The molecule has 0 bridgehead atoms. The van der Waals surface area contributed by atoms with Gasteiger partial charge in [-0.1, -0.05) is 0 Å². The summed E-state index contributed by atoms with van der Waals surface area (Å²) in [6, 6.07) is 7.03. The van der Waals surface area contributed by atoms with Crippen LogP contribution in [0.4, 0.5) is 0 Å². The second-order valence-electron chi connectivity index (χ2n) is 6.69. The number of nitrogens with one attached hydrogen (secondary N) is 1. The lowest BCUT2D eigenvalue weighted by molar-refractivity contribution is 0.0351. The summed E-state index contributed by atoms with van der Waals surface area (Å²) in [7, 11) is 1.84. The third kappa shape index (κ3) is 3.07. The molecule has 0 spiro atoms. The number of aromatic nitrogens is 1. The largest absolute Gasteiger partial charge is 0.459 e. The van der Waals surface area contributed by atoms with Crippen molar-refractivity contribution in [1.29, 1.82) is 0 Å². The van der Waals surface area contributed by atoms with Crippen LogP contribution < -0.4 is 5.32 Å². The van der Waals surface area contributed by atoms with Crippen LogP contribution in [0.2, 0.25) is 0 Å². The molecular weight excluding hydrogens is 322 g/mol. The van der Waals surface area contributed by atoms with E-state index in [-0.39, 0.29) is 24.0 Å². The van der Waals surface area contributed by atoms with E-state index in [1.165, 1.54) is 6.26 Å². The number of carbonyl (C=O) groups is 2. The van der Waals surface area contributed by atoms with Gasteiger partial charge < -0.3 is 23.9 Å². The molecular formula is C18H21N3O4. The number of aryl methyl sites for hydroxylation is 1. The van der Waals surface area contributed by atoms with E-state index in [2.05, 4.69) is 5.32 Å². The molecule has 4 heterocycles. The number of ether oxygens (including phenoxy) is 1. The lowest BCUT2D eigenvalue weighted by Gasteiger charge is -2.18. The topological polar surface area (TPSA) is 76.7 Å². The number of likely N-dealkylation sites (tertiary alicyclic amines) is 1. The van der Waals surface area contributed by atoms with Crippen molar-refractivity contribution in [3.05, 3.63) is 48.2 Å². The summed E-state index contributed by atoms with van der Waals surface area (Å²) in [4.78, 5) is 26.3. The van der Waals surface area contributed by atoms with E-state index >= 15 is 0 Å². The maximum atomic E-state index is 12.3. The standard InChI is InChI=1S/C18H21N3O4/c1-20-6-2-4-14(20)17(22)19-9-13-8-12-10-21(11-16(12)25-13)18(23)15-5-3-7-24-15/h2-7,12-13,16H,8-11H2,1H3,(H,19,22)/t12-,13+,16-/m0/s1. The van der Waals surface area contributed by atoms with Crippen LogP contribution >= 0.6 is 0 Å². The number of fused-ring (bicyclic) bond motifs is 1.